The third-order valence-corrected chi connectivity index (χ3v) is 2.42. The number of nitrogens with zero attached hydrogens (tertiary/aromatic N) is 1. The van der Waals surface area contributed by atoms with E-state index >= 15 is 0 Å². The van der Waals surface area contributed by atoms with Crippen molar-refractivity contribution in [2.75, 3.05) is 0 Å². The molecule has 0 aromatic carbocycles. The second-order valence-electron chi connectivity index (χ2n) is 3.06. The van der Waals surface area contributed by atoms with Crippen LogP contribution in [0.2, 0.25) is 0 Å². The number of hydrogen-bond donors (Lipinski definition) is 1. The standard InChI is InChI=1S/C9H8BrFN2/c10-7-4-6-2-1-3-9(11,12)8(6)13-5-7/h1-2,4-5H,3,12H2. The molecule has 1 aromatic heterocycles. The Balaban J connectivity index is 2.61. The van der Waals surface area contributed by atoms with Gasteiger partial charge in [-0.1, -0.05) is 12.2 Å². The molecule has 68 valence electrons. The Kier molecular flexibility index (Phi) is 1.96. The molecule has 2 rings (SSSR count). The molecule has 0 spiro atoms. The first-order valence-corrected chi connectivity index (χ1v) is 4.69. The van der Waals surface area contributed by atoms with Crippen molar-refractivity contribution in [3.8, 4) is 0 Å². The third-order valence-electron chi connectivity index (χ3n) is 1.99. The zero-order valence-corrected chi connectivity index (χ0v) is 8.38. The Hall–Kier alpha value is -0.740. The molecule has 0 amide bonds. The number of pyridine rings is 1. The Labute approximate surface area is 83.8 Å². The van der Waals surface area contributed by atoms with Gasteiger partial charge in [-0.2, -0.15) is 0 Å². The van der Waals surface area contributed by atoms with Gasteiger partial charge in [-0.3, -0.25) is 10.7 Å². The van der Waals surface area contributed by atoms with E-state index in [9.17, 15) is 4.39 Å². The van der Waals surface area contributed by atoms with E-state index in [4.69, 9.17) is 5.73 Å². The number of rotatable bonds is 0. The largest absolute Gasteiger partial charge is 0.294 e. The molecular formula is C9H8BrFN2. The lowest BCUT2D eigenvalue weighted by atomic mass is 9.97. The summed E-state index contributed by atoms with van der Waals surface area (Å²) in [5.41, 5.74) is 6.50. The highest BCUT2D eigenvalue weighted by molar-refractivity contribution is 9.10. The van der Waals surface area contributed by atoms with Crippen LogP contribution in [0.3, 0.4) is 0 Å². The van der Waals surface area contributed by atoms with Gasteiger partial charge in [0.2, 0.25) is 5.79 Å². The average molecular weight is 243 g/mol. The molecule has 1 aliphatic carbocycles. The first-order valence-electron chi connectivity index (χ1n) is 3.90. The zero-order valence-electron chi connectivity index (χ0n) is 6.80. The van der Waals surface area contributed by atoms with Crippen LogP contribution in [-0.4, -0.2) is 4.98 Å². The summed E-state index contributed by atoms with van der Waals surface area (Å²) >= 11 is 3.27. The molecule has 13 heavy (non-hydrogen) atoms. The van der Waals surface area contributed by atoms with Crippen LogP contribution >= 0.6 is 15.9 Å². The summed E-state index contributed by atoms with van der Waals surface area (Å²) in [6, 6.07) is 1.80. The summed E-state index contributed by atoms with van der Waals surface area (Å²) in [5, 5.41) is 0. The van der Waals surface area contributed by atoms with Crippen LogP contribution < -0.4 is 5.73 Å². The minimum atomic E-state index is -1.81. The van der Waals surface area contributed by atoms with E-state index in [0.29, 0.717) is 5.69 Å². The number of aromatic nitrogens is 1. The SMILES string of the molecule is NC1(F)CC=Cc2cc(Br)cnc21. The van der Waals surface area contributed by atoms with Crippen LogP contribution in [-0.2, 0) is 5.79 Å². The Morgan fingerprint density at radius 1 is 1.62 bits per heavy atom. The fourth-order valence-electron chi connectivity index (χ4n) is 1.38. The normalized spacial score (nSPS) is 25.8. The molecule has 0 radical (unpaired) electrons. The minimum Gasteiger partial charge on any atom is -0.294 e. The van der Waals surface area contributed by atoms with Gasteiger partial charge in [0.25, 0.3) is 0 Å². The smallest absolute Gasteiger partial charge is 0.205 e. The molecule has 0 saturated carbocycles. The summed E-state index contributed by atoms with van der Waals surface area (Å²) in [6.07, 6.45) is 5.29. The number of nitrogens with two attached hydrogens (primary N) is 1. The number of alkyl halides is 1. The van der Waals surface area contributed by atoms with Crippen LogP contribution in [0.1, 0.15) is 17.7 Å². The van der Waals surface area contributed by atoms with Crippen LogP contribution in [0.5, 0.6) is 0 Å². The van der Waals surface area contributed by atoms with Crippen LogP contribution in [0.15, 0.2) is 22.8 Å². The van der Waals surface area contributed by atoms with Gasteiger partial charge in [0.15, 0.2) is 0 Å². The molecule has 2 N–H and O–H groups in total. The predicted octanol–water partition coefficient (Wildman–Crippen LogP) is 2.34. The molecule has 1 aliphatic rings. The van der Waals surface area contributed by atoms with Crippen molar-refractivity contribution < 1.29 is 4.39 Å². The van der Waals surface area contributed by atoms with Crippen LogP contribution in [0, 0.1) is 0 Å². The third kappa shape index (κ3) is 1.51. The van der Waals surface area contributed by atoms with Gasteiger partial charge in [-0.15, -0.1) is 0 Å². The second-order valence-corrected chi connectivity index (χ2v) is 3.98. The van der Waals surface area contributed by atoms with Gasteiger partial charge in [-0.25, -0.2) is 4.39 Å². The predicted molar refractivity (Wildman–Crippen MR) is 52.6 cm³/mol. The van der Waals surface area contributed by atoms with Crippen molar-refractivity contribution in [1.82, 2.24) is 4.98 Å². The highest BCUT2D eigenvalue weighted by Gasteiger charge is 2.31. The highest BCUT2D eigenvalue weighted by atomic mass is 79.9. The molecule has 1 aromatic rings. The zero-order chi connectivity index (χ0) is 9.47. The summed E-state index contributed by atoms with van der Waals surface area (Å²) in [5.74, 6) is -1.81. The van der Waals surface area contributed by atoms with Crippen molar-refractivity contribution in [3.05, 3.63) is 34.1 Å². The Morgan fingerprint density at radius 3 is 3.15 bits per heavy atom. The van der Waals surface area contributed by atoms with Crippen molar-refractivity contribution in [3.63, 3.8) is 0 Å². The van der Waals surface area contributed by atoms with Crippen molar-refractivity contribution >= 4 is 22.0 Å². The van der Waals surface area contributed by atoms with Crippen molar-refractivity contribution in [1.29, 1.82) is 0 Å². The summed E-state index contributed by atoms with van der Waals surface area (Å²) in [6.45, 7) is 0. The van der Waals surface area contributed by atoms with E-state index in [0.717, 1.165) is 10.0 Å². The van der Waals surface area contributed by atoms with E-state index in [1.807, 2.05) is 6.08 Å². The maximum absolute atomic E-state index is 13.6. The van der Waals surface area contributed by atoms with Gasteiger partial charge in [0.05, 0.1) is 5.69 Å². The van der Waals surface area contributed by atoms with E-state index in [1.54, 1.807) is 18.3 Å². The maximum atomic E-state index is 13.6. The van der Waals surface area contributed by atoms with Gasteiger partial charge < -0.3 is 0 Å². The molecule has 0 fully saturated rings. The molecule has 2 nitrogen and oxygen atoms in total. The van der Waals surface area contributed by atoms with Crippen molar-refractivity contribution in [2.24, 2.45) is 5.73 Å². The van der Waals surface area contributed by atoms with Gasteiger partial charge >= 0.3 is 0 Å². The van der Waals surface area contributed by atoms with Gasteiger partial charge in [-0.05, 0) is 22.0 Å². The summed E-state index contributed by atoms with van der Waals surface area (Å²) in [4.78, 5) is 3.97. The Morgan fingerprint density at radius 2 is 2.38 bits per heavy atom. The average Bonchev–Trinajstić information content (AvgIpc) is 2.02. The van der Waals surface area contributed by atoms with E-state index in [2.05, 4.69) is 20.9 Å². The summed E-state index contributed by atoms with van der Waals surface area (Å²) in [7, 11) is 0. The monoisotopic (exact) mass is 242 g/mol. The molecule has 0 bridgehead atoms. The van der Waals surface area contributed by atoms with E-state index < -0.39 is 5.79 Å². The molecule has 1 heterocycles. The van der Waals surface area contributed by atoms with E-state index in [1.165, 1.54) is 0 Å². The quantitative estimate of drug-likeness (QED) is 0.710. The van der Waals surface area contributed by atoms with Gasteiger partial charge in [0, 0.05) is 22.7 Å². The van der Waals surface area contributed by atoms with Crippen LogP contribution in [0.25, 0.3) is 6.08 Å². The fraction of sp³-hybridized carbons (Fsp3) is 0.222. The molecular weight excluding hydrogens is 235 g/mol. The topological polar surface area (TPSA) is 38.9 Å². The molecule has 1 unspecified atom stereocenters. The van der Waals surface area contributed by atoms with Gasteiger partial charge in [0.1, 0.15) is 0 Å². The molecule has 0 aliphatic heterocycles. The Bertz CT molecular complexity index is 374. The summed E-state index contributed by atoms with van der Waals surface area (Å²) < 4.78 is 14.5. The first kappa shape index (κ1) is 8.84. The number of hydrogen-bond acceptors (Lipinski definition) is 2. The van der Waals surface area contributed by atoms with Crippen molar-refractivity contribution in [2.45, 2.75) is 12.2 Å². The molecule has 0 saturated heterocycles. The lowest BCUT2D eigenvalue weighted by molar-refractivity contribution is 0.170. The molecule has 1 atom stereocenters. The lowest BCUT2D eigenvalue weighted by Gasteiger charge is -2.23. The number of fused-ring (bicyclic) bond motifs is 1. The molecule has 4 heteroatoms. The second kappa shape index (κ2) is 2.89. The minimum absolute atomic E-state index is 0.189. The van der Waals surface area contributed by atoms with E-state index in [-0.39, 0.29) is 6.42 Å². The van der Waals surface area contributed by atoms with Crippen LogP contribution in [0.4, 0.5) is 4.39 Å². The number of halogens is 2. The highest BCUT2D eigenvalue weighted by Crippen LogP contribution is 2.31. The first-order chi connectivity index (χ1) is 6.09. The fourth-order valence-corrected chi connectivity index (χ4v) is 1.73. The lowest BCUT2D eigenvalue weighted by Crippen LogP contribution is -2.34. The maximum Gasteiger partial charge on any atom is 0.205 e.